The molecule has 0 bridgehead atoms. The van der Waals surface area contributed by atoms with Gasteiger partial charge in [-0.2, -0.15) is 0 Å². The lowest BCUT2D eigenvalue weighted by Crippen LogP contribution is -2.31. The van der Waals surface area contributed by atoms with E-state index < -0.39 is 0 Å². The van der Waals surface area contributed by atoms with Gasteiger partial charge in [0.15, 0.2) is 0 Å². The normalized spacial score (nSPS) is 18.2. The number of ether oxygens (including phenoxy) is 1. The van der Waals surface area contributed by atoms with Crippen LogP contribution < -0.4 is 10.1 Å². The quantitative estimate of drug-likeness (QED) is 0.935. The van der Waals surface area contributed by atoms with Gasteiger partial charge < -0.3 is 15.0 Å². The third-order valence-electron chi connectivity index (χ3n) is 4.09. The van der Waals surface area contributed by atoms with Gasteiger partial charge in [-0.3, -0.25) is 9.78 Å². The van der Waals surface area contributed by atoms with Crippen LogP contribution in [-0.4, -0.2) is 40.9 Å². The summed E-state index contributed by atoms with van der Waals surface area (Å²) in [5.41, 5.74) is 1.65. The van der Waals surface area contributed by atoms with Crippen molar-refractivity contribution in [2.24, 2.45) is 0 Å². The highest BCUT2D eigenvalue weighted by molar-refractivity contribution is 5.88. The van der Waals surface area contributed by atoms with Gasteiger partial charge in [0.25, 0.3) is 0 Å². The Morgan fingerprint density at radius 3 is 2.71 bits per heavy atom. The summed E-state index contributed by atoms with van der Waals surface area (Å²) in [6.45, 7) is 3.57. The van der Waals surface area contributed by atoms with Crippen molar-refractivity contribution in [3.8, 4) is 11.6 Å². The maximum absolute atomic E-state index is 11.1. The number of piperidine rings is 1. The fraction of sp³-hybridized carbons (Fsp3) is 0.389. The summed E-state index contributed by atoms with van der Waals surface area (Å²) in [6.07, 6.45) is 5.62. The van der Waals surface area contributed by atoms with E-state index >= 15 is 0 Å². The molecule has 1 fully saturated rings. The highest BCUT2D eigenvalue weighted by Crippen LogP contribution is 2.32. The minimum atomic E-state index is -0.0960. The van der Waals surface area contributed by atoms with Crippen molar-refractivity contribution in [2.75, 3.05) is 25.5 Å². The Morgan fingerprint density at radius 1 is 1.25 bits per heavy atom. The molecular weight excluding hydrogens is 304 g/mol. The summed E-state index contributed by atoms with van der Waals surface area (Å²) < 4.78 is 5.95. The first-order valence-electron chi connectivity index (χ1n) is 8.17. The Hall–Kier alpha value is -2.47. The lowest BCUT2D eigenvalue weighted by molar-refractivity contribution is -0.114. The first-order valence-corrected chi connectivity index (χ1v) is 8.17. The number of nitrogens with one attached hydrogen (secondary N) is 1. The molecular formula is C18H22N4O2. The maximum Gasteiger partial charge on any atom is 0.241 e. The molecule has 6 heteroatoms. The zero-order valence-corrected chi connectivity index (χ0v) is 14.0. The maximum atomic E-state index is 11.1. The second kappa shape index (κ2) is 7.40. The molecule has 24 heavy (non-hydrogen) atoms. The first kappa shape index (κ1) is 16.4. The third kappa shape index (κ3) is 4.08. The van der Waals surface area contributed by atoms with Crippen LogP contribution in [0.15, 0.2) is 36.7 Å². The monoisotopic (exact) mass is 326 g/mol. The van der Waals surface area contributed by atoms with Crippen LogP contribution in [0.4, 0.5) is 5.69 Å². The molecule has 1 saturated heterocycles. The van der Waals surface area contributed by atoms with Crippen LogP contribution >= 0.6 is 0 Å². The number of benzene rings is 1. The van der Waals surface area contributed by atoms with Crippen molar-refractivity contribution in [3.05, 3.63) is 42.4 Å². The van der Waals surface area contributed by atoms with Gasteiger partial charge in [-0.15, -0.1) is 0 Å². The molecule has 1 atom stereocenters. The van der Waals surface area contributed by atoms with Crippen LogP contribution in [0, 0.1) is 0 Å². The van der Waals surface area contributed by atoms with Gasteiger partial charge >= 0.3 is 0 Å². The first-order chi connectivity index (χ1) is 11.6. The molecule has 0 aliphatic carbocycles. The van der Waals surface area contributed by atoms with Crippen molar-refractivity contribution < 1.29 is 9.53 Å². The van der Waals surface area contributed by atoms with Gasteiger partial charge in [-0.05, 0) is 50.7 Å². The number of hydrogen-bond acceptors (Lipinski definition) is 5. The minimum Gasteiger partial charge on any atom is -0.437 e. The van der Waals surface area contributed by atoms with E-state index in [1.807, 2.05) is 12.1 Å². The standard InChI is InChI=1S/C18H22N4O2/c1-13(23)21-15-5-7-16(8-6-15)24-18-17(19-9-10-20-18)14-4-3-11-22(2)12-14/h5-10,14H,3-4,11-12H2,1-2H3,(H,21,23). The van der Waals surface area contributed by atoms with Crippen molar-refractivity contribution >= 4 is 11.6 Å². The van der Waals surface area contributed by atoms with E-state index in [-0.39, 0.29) is 5.91 Å². The molecule has 0 saturated carbocycles. The van der Waals surface area contributed by atoms with Crippen LogP contribution in [0.1, 0.15) is 31.4 Å². The summed E-state index contributed by atoms with van der Waals surface area (Å²) in [7, 11) is 2.13. The Labute approximate surface area is 141 Å². The number of carbonyl (C=O) groups is 1. The van der Waals surface area contributed by atoms with Crippen LogP contribution in [0.2, 0.25) is 0 Å². The Balaban J connectivity index is 1.76. The average Bonchev–Trinajstić information content (AvgIpc) is 2.57. The van der Waals surface area contributed by atoms with Gasteiger partial charge in [0.05, 0.1) is 0 Å². The molecule has 1 N–H and O–H groups in total. The predicted octanol–water partition coefficient (Wildman–Crippen LogP) is 3.04. The summed E-state index contributed by atoms with van der Waals surface area (Å²) >= 11 is 0. The number of anilines is 1. The summed E-state index contributed by atoms with van der Waals surface area (Å²) in [5.74, 6) is 1.48. The topological polar surface area (TPSA) is 67.3 Å². The van der Waals surface area contributed by atoms with Gasteiger partial charge in [0.2, 0.25) is 11.8 Å². The average molecular weight is 326 g/mol. The van der Waals surface area contributed by atoms with Gasteiger partial charge in [-0.1, -0.05) is 0 Å². The van der Waals surface area contributed by atoms with Gasteiger partial charge in [0, 0.05) is 37.5 Å². The largest absolute Gasteiger partial charge is 0.437 e. The zero-order valence-electron chi connectivity index (χ0n) is 14.0. The van der Waals surface area contributed by atoms with Crippen molar-refractivity contribution in [1.29, 1.82) is 0 Å². The Morgan fingerprint density at radius 2 is 2.00 bits per heavy atom. The number of rotatable bonds is 4. The van der Waals surface area contributed by atoms with Crippen LogP contribution in [-0.2, 0) is 4.79 Å². The highest BCUT2D eigenvalue weighted by Gasteiger charge is 2.24. The Bertz CT molecular complexity index is 702. The second-order valence-corrected chi connectivity index (χ2v) is 6.16. The fourth-order valence-electron chi connectivity index (χ4n) is 3.01. The minimum absolute atomic E-state index is 0.0960. The smallest absolute Gasteiger partial charge is 0.241 e. The molecule has 1 aromatic carbocycles. The number of carbonyl (C=O) groups excluding carboxylic acids is 1. The molecule has 0 spiro atoms. The third-order valence-corrected chi connectivity index (χ3v) is 4.09. The number of hydrogen-bond donors (Lipinski definition) is 1. The summed E-state index contributed by atoms with van der Waals surface area (Å²) in [4.78, 5) is 22.3. The van der Waals surface area contributed by atoms with E-state index in [9.17, 15) is 4.79 Å². The van der Waals surface area contributed by atoms with E-state index in [1.54, 1.807) is 24.5 Å². The van der Waals surface area contributed by atoms with E-state index in [4.69, 9.17) is 4.74 Å². The summed E-state index contributed by atoms with van der Waals surface area (Å²) in [5, 5.41) is 2.74. The molecule has 0 radical (unpaired) electrons. The Kier molecular flexibility index (Phi) is 5.05. The number of aromatic nitrogens is 2. The number of nitrogens with zero attached hydrogens (tertiary/aromatic N) is 3. The van der Waals surface area contributed by atoms with E-state index in [2.05, 4.69) is 27.2 Å². The molecule has 1 unspecified atom stereocenters. The van der Waals surface area contributed by atoms with Gasteiger partial charge in [0.1, 0.15) is 11.4 Å². The number of amides is 1. The SMILES string of the molecule is CC(=O)Nc1ccc(Oc2nccnc2C2CCCN(C)C2)cc1. The van der Waals surface area contributed by atoms with Crippen molar-refractivity contribution in [1.82, 2.24) is 14.9 Å². The molecule has 1 aromatic heterocycles. The molecule has 2 heterocycles. The van der Waals surface area contributed by atoms with E-state index in [1.165, 1.54) is 6.92 Å². The van der Waals surface area contributed by atoms with Crippen molar-refractivity contribution in [3.63, 3.8) is 0 Å². The highest BCUT2D eigenvalue weighted by atomic mass is 16.5. The molecule has 1 aliphatic heterocycles. The molecule has 2 aromatic rings. The molecule has 126 valence electrons. The zero-order chi connectivity index (χ0) is 16.9. The second-order valence-electron chi connectivity index (χ2n) is 6.16. The number of likely N-dealkylation sites (N-methyl/N-ethyl adjacent to an activating group) is 1. The fourth-order valence-corrected chi connectivity index (χ4v) is 3.01. The lowest BCUT2D eigenvalue weighted by atomic mass is 9.95. The van der Waals surface area contributed by atoms with Crippen LogP contribution in [0.5, 0.6) is 11.6 Å². The number of likely N-dealkylation sites (tertiary alicyclic amines) is 1. The van der Waals surface area contributed by atoms with E-state index in [0.29, 0.717) is 17.5 Å². The van der Waals surface area contributed by atoms with Crippen molar-refractivity contribution in [2.45, 2.75) is 25.7 Å². The molecule has 1 amide bonds. The van der Waals surface area contributed by atoms with E-state index in [0.717, 1.165) is 37.3 Å². The van der Waals surface area contributed by atoms with Gasteiger partial charge in [-0.25, -0.2) is 4.98 Å². The predicted molar refractivity (Wildman–Crippen MR) is 92.3 cm³/mol. The molecule has 6 nitrogen and oxygen atoms in total. The molecule has 1 aliphatic rings. The summed E-state index contributed by atoms with van der Waals surface area (Å²) in [6, 6.07) is 7.25. The molecule has 3 rings (SSSR count). The van der Waals surface area contributed by atoms with Crippen LogP contribution in [0.25, 0.3) is 0 Å². The van der Waals surface area contributed by atoms with Crippen LogP contribution in [0.3, 0.4) is 0 Å². The lowest BCUT2D eigenvalue weighted by Gasteiger charge is -2.29.